The van der Waals surface area contributed by atoms with Gasteiger partial charge in [-0.15, -0.1) is 0 Å². The third-order valence-electron chi connectivity index (χ3n) is 3.90. The van der Waals surface area contributed by atoms with Crippen molar-refractivity contribution in [1.29, 1.82) is 0 Å². The maximum absolute atomic E-state index is 2.45. The summed E-state index contributed by atoms with van der Waals surface area (Å²) in [6.07, 6.45) is 8.29. The summed E-state index contributed by atoms with van der Waals surface area (Å²) in [7, 11) is 4.42. The lowest BCUT2D eigenvalue weighted by Crippen LogP contribution is -2.28. The van der Waals surface area contributed by atoms with Crippen LogP contribution in [0.25, 0.3) is 0 Å². The highest BCUT2D eigenvalue weighted by Gasteiger charge is 2.19. The highest BCUT2D eigenvalue weighted by molar-refractivity contribution is 4.71. The molecular formula is C16H35N. The van der Waals surface area contributed by atoms with Crippen molar-refractivity contribution in [2.24, 2.45) is 17.8 Å². The first-order valence-electron chi connectivity index (χ1n) is 7.65. The topological polar surface area (TPSA) is 3.24 Å². The lowest BCUT2D eigenvalue weighted by atomic mass is 9.82. The van der Waals surface area contributed by atoms with Crippen molar-refractivity contribution in [2.75, 3.05) is 20.6 Å². The zero-order chi connectivity index (χ0) is 13.3. The summed E-state index contributed by atoms with van der Waals surface area (Å²) < 4.78 is 0. The number of unbranched alkanes of at least 4 members (excludes halogenated alkanes) is 1. The van der Waals surface area contributed by atoms with Crippen molar-refractivity contribution < 1.29 is 0 Å². The van der Waals surface area contributed by atoms with Crippen LogP contribution in [0.15, 0.2) is 0 Å². The van der Waals surface area contributed by atoms with E-state index < -0.39 is 0 Å². The van der Waals surface area contributed by atoms with Crippen LogP contribution in [0.5, 0.6) is 0 Å². The molecule has 0 aliphatic heterocycles. The fraction of sp³-hybridized carbons (Fsp3) is 1.00. The second-order valence-electron chi connectivity index (χ2n) is 6.27. The summed E-state index contributed by atoms with van der Waals surface area (Å²) in [4.78, 5) is 2.36. The Morgan fingerprint density at radius 3 is 2.06 bits per heavy atom. The third-order valence-corrected chi connectivity index (χ3v) is 3.90. The van der Waals surface area contributed by atoms with E-state index in [2.05, 4.69) is 46.7 Å². The predicted octanol–water partition coefficient (Wildman–Crippen LogP) is 4.82. The molecule has 0 amide bonds. The second-order valence-corrected chi connectivity index (χ2v) is 6.27. The van der Waals surface area contributed by atoms with Gasteiger partial charge in [0.2, 0.25) is 0 Å². The van der Waals surface area contributed by atoms with Gasteiger partial charge in [-0.2, -0.15) is 0 Å². The van der Waals surface area contributed by atoms with Gasteiger partial charge in [0.15, 0.2) is 0 Å². The van der Waals surface area contributed by atoms with Gasteiger partial charge in [0.25, 0.3) is 0 Å². The van der Waals surface area contributed by atoms with Gasteiger partial charge in [0, 0.05) is 6.54 Å². The molecule has 0 aromatic heterocycles. The summed E-state index contributed by atoms with van der Waals surface area (Å²) in [5.41, 5.74) is 0. The highest BCUT2D eigenvalue weighted by Crippen LogP contribution is 2.27. The van der Waals surface area contributed by atoms with E-state index in [9.17, 15) is 0 Å². The minimum Gasteiger partial charge on any atom is -0.309 e. The average Bonchev–Trinajstić information content (AvgIpc) is 2.25. The Morgan fingerprint density at radius 1 is 0.941 bits per heavy atom. The van der Waals surface area contributed by atoms with E-state index in [4.69, 9.17) is 0 Å². The van der Waals surface area contributed by atoms with Crippen molar-refractivity contribution in [1.82, 2.24) is 4.90 Å². The molecule has 0 aliphatic carbocycles. The number of hydrogen-bond acceptors (Lipinski definition) is 1. The van der Waals surface area contributed by atoms with E-state index in [0.717, 1.165) is 17.8 Å². The van der Waals surface area contributed by atoms with E-state index in [1.807, 2.05) is 0 Å². The van der Waals surface area contributed by atoms with E-state index >= 15 is 0 Å². The second kappa shape index (κ2) is 9.94. The molecule has 0 N–H and O–H groups in total. The van der Waals surface area contributed by atoms with Gasteiger partial charge in [0.1, 0.15) is 0 Å². The maximum Gasteiger partial charge on any atom is 0.000620 e. The predicted molar refractivity (Wildman–Crippen MR) is 79.4 cm³/mol. The van der Waals surface area contributed by atoms with Crippen LogP contribution in [0.4, 0.5) is 0 Å². The van der Waals surface area contributed by atoms with E-state index in [1.165, 1.54) is 45.1 Å². The zero-order valence-electron chi connectivity index (χ0n) is 13.1. The van der Waals surface area contributed by atoms with Gasteiger partial charge in [-0.25, -0.2) is 0 Å². The molecule has 0 aromatic rings. The molecule has 0 aliphatic rings. The molecule has 0 spiro atoms. The smallest absolute Gasteiger partial charge is 0.000620 e. The van der Waals surface area contributed by atoms with Crippen LogP contribution in [0.2, 0.25) is 0 Å². The highest BCUT2D eigenvalue weighted by atomic mass is 15.1. The normalized spacial score (nSPS) is 17.1. The molecule has 0 rings (SSSR count). The van der Waals surface area contributed by atoms with Gasteiger partial charge in [-0.1, -0.05) is 59.8 Å². The first-order valence-corrected chi connectivity index (χ1v) is 7.65. The summed E-state index contributed by atoms with van der Waals surface area (Å²) in [5, 5.41) is 0. The number of nitrogens with zero attached hydrogens (tertiary/aromatic N) is 1. The molecule has 0 bridgehead atoms. The van der Waals surface area contributed by atoms with Gasteiger partial charge in [0.05, 0.1) is 0 Å². The van der Waals surface area contributed by atoms with Crippen molar-refractivity contribution in [3.8, 4) is 0 Å². The molecule has 0 saturated heterocycles. The van der Waals surface area contributed by atoms with E-state index in [-0.39, 0.29) is 0 Å². The summed E-state index contributed by atoms with van der Waals surface area (Å²) >= 11 is 0. The minimum absolute atomic E-state index is 0.881. The monoisotopic (exact) mass is 241 g/mol. The van der Waals surface area contributed by atoms with Crippen LogP contribution in [-0.4, -0.2) is 25.5 Å². The number of hydrogen-bond donors (Lipinski definition) is 0. The van der Waals surface area contributed by atoms with Gasteiger partial charge < -0.3 is 4.90 Å². The fourth-order valence-corrected chi connectivity index (χ4v) is 2.83. The average molecular weight is 241 g/mol. The van der Waals surface area contributed by atoms with Crippen LogP contribution in [-0.2, 0) is 0 Å². The van der Waals surface area contributed by atoms with Crippen LogP contribution < -0.4 is 0 Å². The lowest BCUT2D eigenvalue weighted by Gasteiger charge is -2.29. The minimum atomic E-state index is 0.881. The third kappa shape index (κ3) is 8.65. The van der Waals surface area contributed by atoms with Crippen molar-refractivity contribution >= 4 is 0 Å². The number of rotatable bonds is 10. The molecule has 1 nitrogen and oxygen atoms in total. The Morgan fingerprint density at radius 2 is 1.59 bits per heavy atom. The summed E-state index contributed by atoms with van der Waals surface area (Å²) in [5.74, 6) is 2.67. The Labute approximate surface area is 110 Å². The SMILES string of the molecule is CCCCC(C)CC(CN(C)C)C(C)CCC. The largest absolute Gasteiger partial charge is 0.309 e. The Bertz CT molecular complexity index is 165. The molecule has 104 valence electrons. The van der Waals surface area contributed by atoms with Crippen molar-refractivity contribution in [3.63, 3.8) is 0 Å². The van der Waals surface area contributed by atoms with Crippen LogP contribution in [0.3, 0.4) is 0 Å². The molecule has 0 radical (unpaired) electrons. The maximum atomic E-state index is 2.45. The first kappa shape index (κ1) is 17.0. The molecule has 0 aromatic carbocycles. The van der Waals surface area contributed by atoms with Crippen LogP contribution in [0, 0.1) is 17.8 Å². The zero-order valence-corrected chi connectivity index (χ0v) is 13.1. The van der Waals surface area contributed by atoms with Crippen LogP contribution >= 0.6 is 0 Å². The summed E-state index contributed by atoms with van der Waals surface area (Å²) in [6, 6.07) is 0. The Balaban J connectivity index is 4.16. The van der Waals surface area contributed by atoms with Crippen molar-refractivity contribution in [3.05, 3.63) is 0 Å². The molecule has 0 fully saturated rings. The van der Waals surface area contributed by atoms with Crippen molar-refractivity contribution in [2.45, 2.75) is 66.2 Å². The molecule has 1 heteroatoms. The van der Waals surface area contributed by atoms with Gasteiger partial charge >= 0.3 is 0 Å². The Kier molecular flexibility index (Phi) is 9.91. The van der Waals surface area contributed by atoms with Gasteiger partial charge in [-0.3, -0.25) is 0 Å². The molecular weight excluding hydrogens is 206 g/mol. The molecule has 17 heavy (non-hydrogen) atoms. The Hall–Kier alpha value is -0.0400. The molecule has 0 heterocycles. The molecule has 0 saturated carbocycles. The van der Waals surface area contributed by atoms with Crippen LogP contribution in [0.1, 0.15) is 66.2 Å². The first-order chi connectivity index (χ1) is 8.01. The fourth-order valence-electron chi connectivity index (χ4n) is 2.83. The standard InChI is InChI=1S/C16H35N/c1-7-9-11-14(3)12-16(13-17(5)6)15(4)10-8-2/h14-16H,7-13H2,1-6H3. The molecule has 3 atom stereocenters. The summed E-state index contributed by atoms with van der Waals surface area (Å²) in [6.45, 7) is 10.8. The lowest BCUT2D eigenvalue weighted by molar-refractivity contribution is 0.207. The van der Waals surface area contributed by atoms with Gasteiger partial charge in [-0.05, 0) is 38.3 Å². The molecule has 3 unspecified atom stereocenters. The quantitative estimate of drug-likeness (QED) is 0.530. The van der Waals surface area contributed by atoms with E-state index in [1.54, 1.807) is 0 Å². The van der Waals surface area contributed by atoms with E-state index in [0.29, 0.717) is 0 Å².